The number of nitrogens with one attached hydrogen (secondary N) is 2. The Morgan fingerprint density at radius 1 is 1.21 bits per heavy atom. The molecule has 0 amide bonds. The first kappa shape index (κ1) is 23.6. The summed E-state index contributed by atoms with van der Waals surface area (Å²) in [6.07, 6.45) is 1.83. The number of hydrogen-bond donors (Lipinski definition) is 2. The SMILES string of the molecule is CCNC(=NCc1cccc(-c2ccccn2)c1)NC1CN(C(C)C)CC1C.I. The lowest BCUT2D eigenvalue weighted by atomic mass is 10.1. The van der Waals surface area contributed by atoms with Crippen LogP contribution in [0.1, 0.15) is 33.3 Å². The monoisotopic (exact) mass is 507 g/mol. The highest BCUT2D eigenvalue weighted by atomic mass is 127. The zero-order valence-electron chi connectivity index (χ0n) is 17.9. The third-order valence-electron chi connectivity index (χ3n) is 5.34. The van der Waals surface area contributed by atoms with Crippen LogP contribution in [0.25, 0.3) is 11.3 Å². The smallest absolute Gasteiger partial charge is 0.191 e. The van der Waals surface area contributed by atoms with Crippen molar-refractivity contribution in [2.24, 2.45) is 10.9 Å². The summed E-state index contributed by atoms with van der Waals surface area (Å²) in [6.45, 7) is 12.7. The highest BCUT2D eigenvalue weighted by Crippen LogP contribution is 2.19. The number of likely N-dealkylation sites (tertiary alicyclic amines) is 1. The van der Waals surface area contributed by atoms with Crippen molar-refractivity contribution in [1.29, 1.82) is 0 Å². The number of benzene rings is 1. The molecule has 29 heavy (non-hydrogen) atoms. The van der Waals surface area contributed by atoms with E-state index in [1.807, 2.05) is 24.4 Å². The number of hydrogen-bond acceptors (Lipinski definition) is 3. The standard InChI is InChI=1S/C23H33N5.HI/c1-5-24-23(27-22-16-28(17(2)3)15-18(22)4)26-14-19-9-8-10-20(13-19)21-11-6-7-12-25-21;/h6-13,17-18,22H,5,14-16H2,1-4H3,(H2,24,26,27);1H. The zero-order chi connectivity index (χ0) is 19.9. The summed E-state index contributed by atoms with van der Waals surface area (Å²) in [5.41, 5.74) is 3.30. The van der Waals surface area contributed by atoms with Gasteiger partial charge in [-0.15, -0.1) is 24.0 Å². The van der Waals surface area contributed by atoms with Crippen LogP contribution in [-0.4, -0.2) is 47.6 Å². The predicted molar refractivity (Wildman–Crippen MR) is 133 cm³/mol. The molecule has 1 aromatic carbocycles. The maximum Gasteiger partial charge on any atom is 0.191 e. The molecular weight excluding hydrogens is 473 g/mol. The topological polar surface area (TPSA) is 52.6 Å². The molecule has 1 aliphatic rings. The normalized spacial score (nSPS) is 19.8. The number of pyridine rings is 1. The van der Waals surface area contributed by atoms with Crippen molar-refractivity contribution in [3.63, 3.8) is 0 Å². The van der Waals surface area contributed by atoms with Crippen LogP contribution in [0.2, 0.25) is 0 Å². The highest BCUT2D eigenvalue weighted by Gasteiger charge is 2.31. The highest BCUT2D eigenvalue weighted by molar-refractivity contribution is 14.0. The van der Waals surface area contributed by atoms with Gasteiger partial charge in [-0.25, -0.2) is 4.99 Å². The number of aromatic nitrogens is 1. The van der Waals surface area contributed by atoms with Gasteiger partial charge in [-0.2, -0.15) is 0 Å². The van der Waals surface area contributed by atoms with E-state index in [0.717, 1.165) is 36.9 Å². The predicted octanol–water partition coefficient (Wildman–Crippen LogP) is 4.15. The molecule has 2 aromatic rings. The lowest BCUT2D eigenvalue weighted by Gasteiger charge is -2.22. The van der Waals surface area contributed by atoms with Gasteiger partial charge in [0.05, 0.1) is 12.2 Å². The number of nitrogens with zero attached hydrogens (tertiary/aromatic N) is 3. The van der Waals surface area contributed by atoms with Gasteiger partial charge in [-0.05, 0) is 50.5 Å². The van der Waals surface area contributed by atoms with Crippen molar-refractivity contribution >= 4 is 29.9 Å². The van der Waals surface area contributed by atoms with E-state index in [4.69, 9.17) is 4.99 Å². The molecule has 0 spiro atoms. The van der Waals surface area contributed by atoms with Gasteiger partial charge in [0.2, 0.25) is 0 Å². The molecule has 5 nitrogen and oxygen atoms in total. The molecule has 158 valence electrons. The van der Waals surface area contributed by atoms with Gasteiger partial charge >= 0.3 is 0 Å². The van der Waals surface area contributed by atoms with Crippen molar-refractivity contribution < 1.29 is 0 Å². The Morgan fingerprint density at radius 3 is 2.69 bits per heavy atom. The molecule has 1 saturated heterocycles. The van der Waals surface area contributed by atoms with Gasteiger partial charge in [0.25, 0.3) is 0 Å². The van der Waals surface area contributed by atoms with Crippen molar-refractivity contribution in [1.82, 2.24) is 20.5 Å². The minimum Gasteiger partial charge on any atom is -0.357 e. The maximum atomic E-state index is 4.84. The molecule has 1 aromatic heterocycles. The van der Waals surface area contributed by atoms with E-state index in [9.17, 15) is 0 Å². The molecule has 1 fully saturated rings. The Hall–Kier alpha value is -1.67. The Bertz CT molecular complexity index is 778. The number of guanidine groups is 1. The van der Waals surface area contributed by atoms with Gasteiger partial charge in [0.15, 0.2) is 5.96 Å². The van der Waals surface area contributed by atoms with Crippen LogP contribution >= 0.6 is 24.0 Å². The van der Waals surface area contributed by atoms with E-state index in [1.165, 1.54) is 5.56 Å². The quantitative estimate of drug-likeness (QED) is 0.351. The molecule has 0 bridgehead atoms. The van der Waals surface area contributed by atoms with E-state index in [0.29, 0.717) is 24.5 Å². The Balaban J connectivity index is 0.00000300. The molecule has 1 aliphatic heterocycles. The van der Waals surface area contributed by atoms with Crippen LogP contribution < -0.4 is 10.6 Å². The van der Waals surface area contributed by atoms with Gasteiger partial charge in [0.1, 0.15) is 0 Å². The average Bonchev–Trinajstić information content (AvgIpc) is 3.08. The van der Waals surface area contributed by atoms with Gasteiger partial charge < -0.3 is 10.6 Å². The summed E-state index contributed by atoms with van der Waals surface area (Å²) in [5.74, 6) is 1.51. The third kappa shape index (κ3) is 6.67. The molecule has 0 aliphatic carbocycles. The molecule has 3 rings (SSSR count). The van der Waals surface area contributed by atoms with Crippen LogP contribution in [0.15, 0.2) is 53.7 Å². The molecular formula is C23H34IN5. The van der Waals surface area contributed by atoms with E-state index in [1.54, 1.807) is 0 Å². The number of aliphatic imine (C=N–C) groups is 1. The molecule has 2 heterocycles. The Kier molecular flexibility index (Phi) is 9.36. The zero-order valence-corrected chi connectivity index (χ0v) is 20.3. The lowest BCUT2D eigenvalue weighted by Crippen LogP contribution is -2.46. The summed E-state index contributed by atoms with van der Waals surface area (Å²) in [6, 6.07) is 15.5. The molecule has 6 heteroatoms. The van der Waals surface area contributed by atoms with E-state index in [-0.39, 0.29) is 24.0 Å². The minimum absolute atomic E-state index is 0. The first-order valence-electron chi connectivity index (χ1n) is 10.4. The first-order valence-corrected chi connectivity index (χ1v) is 10.4. The second-order valence-corrected chi connectivity index (χ2v) is 7.89. The molecule has 2 N–H and O–H groups in total. The van der Waals surface area contributed by atoms with Gasteiger partial charge in [0, 0.05) is 43.5 Å². The van der Waals surface area contributed by atoms with Crippen molar-refractivity contribution in [2.45, 2.75) is 46.3 Å². The average molecular weight is 507 g/mol. The largest absolute Gasteiger partial charge is 0.357 e. The van der Waals surface area contributed by atoms with E-state index >= 15 is 0 Å². The fourth-order valence-electron chi connectivity index (χ4n) is 3.64. The van der Waals surface area contributed by atoms with Gasteiger partial charge in [-0.3, -0.25) is 9.88 Å². The summed E-state index contributed by atoms with van der Waals surface area (Å²) < 4.78 is 0. The molecule has 0 saturated carbocycles. The lowest BCUT2D eigenvalue weighted by molar-refractivity contribution is 0.265. The van der Waals surface area contributed by atoms with Crippen molar-refractivity contribution in [3.8, 4) is 11.3 Å². The van der Waals surface area contributed by atoms with Crippen LogP contribution in [-0.2, 0) is 6.54 Å². The fourth-order valence-corrected chi connectivity index (χ4v) is 3.64. The van der Waals surface area contributed by atoms with Gasteiger partial charge in [-0.1, -0.05) is 31.2 Å². The van der Waals surface area contributed by atoms with Crippen molar-refractivity contribution in [2.75, 3.05) is 19.6 Å². The summed E-state index contributed by atoms with van der Waals surface area (Å²) in [4.78, 5) is 11.8. The Labute approximate surface area is 192 Å². The summed E-state index contributed by atoms with van der Waals surface area (Å²) in [5, 5.41) is 7.05. The molecule has 0 radical (unpaired) electrons. The van der Waals surface area contributed by atoms with Crippen LogP contribution in [0.3, 0.4) is 0 Å². The molecule has 2 atom stereocenters. The van der Waals surface area contributed by atoms with Crippen molar-refractivity contribution in [3.05, 3.63) is 54.2 Å². The molecule has 2 unspecified atom stereocenters. The maximum absolute atomic E-state index is 4.84. The number of rotatable bonds is 6. The number of halogens is 1. The second-order valence-electron chi connectivity index (χ2n) is 7.89. The third-order valence-corrected chi connectivity index (χ3v) is 5.34. The van der Waals surface area contributed by atoms with E-state index in [2.05, 4.69) is 72.5 Å². The summed E-state index contributed by atoms with van der Waals surface area (Å²) >= 11 is 0. The van der Waals surface area contributed by atoms with Crippen LogP contribution in [0.5, 0.6) is 0 Å². The van der Waals surface area contributed by atoms with Crippen LogP contribution in [0, 0.1) is 5.92 Å². The second kappa shape index (κ2) is 11.5. The summed E-state index contributed by atoms with van der Waals surface area (Å²) in [7, 11) is 0. The minimum atomic E-state index is 0. The van der Waals surface area contributed by atoms with Crippen LogP contribution in [0.4, 0.5) is 0 Å². The first-order chi connectivity index (χ1) is 13.6. The Morgan fingerprint density at radius 2 is 2.03 bits per heavy atom. The fraction of sp³-hybridized carbons (Fsp3) is 0.478. The van der Waals surface area contributed by atoms with E-state index < -0.39 is 0 Å².